The summed E-state index contributed by atoms with van der Waals surface area (Å²) in [6, 6.07) is 0. The van der Waals surface area contributed by atoms with Gasteiger partial charge in [0.2, 0.25) is 6.41 Å². The van der Waals surface area contributed by atoms with Gasteiger partial charge in [-0.2, -0.15) is 0 Å². The molecule has 0 spiro atoms. The van der Waals surface area contributed by atoms with Crippen molar-refractivity contribution in [1.82, 2.24) is 4.90 Å². The molecule has 1 heterocycles. The second-order valence-electron chi connectivity index (χ2n) is 5.46. The van der Waals surface area contributed by atoms with Gasteiger partial charge in [0, 0.05) is 6.54 Å². The molecule has 0 saturated carbocycles. The topological polar surface area (TPSA) is 20.1 Å². The zero-order valence-electron chi connectivity index (χ0n) is 11.3. The van der Waals surface area contributed by atoms with Crippen LogP contribution in [0.2, 0.25) is 0 Å². The zero-order valence-corrected chi connectivity index (χ0v) is 11.3. The predicted octanol–water partition coefficient (Wildman–Crippen LogP) is 3.46. The number of carbonyl (C=O) groups excluding carboxylic acids is 1. The molecular weight excluding hydrogens is 186 g/mol. The molecule has 2 nitrogen and oxygen atoms in total. The monoisotopic (exact) mass is 213 g/mol. The van der Waals surface area contributed by atoms with Crippen molar-refractivity contribution < 1.29 is 4.79 Å². The van der Waals surface area contributed by atoms with E-state index in [1.165, 1.54) is 12.8 Å². The first-order chi connectivity index (χ1) is 6.85. The lowest BCUT2D eigenvalue weighted by Gasteiger charge is -2.18. The highest BCUT2D eigenvalue weighted by atomic mass is 16.1. The summed E-state index contributed by atoms with van der Waals surface area (Å²) in [4.78, 5) is 11.9. The van der Waals surface area contributed by atoms with Crippen molar-refractivity contribution >= 4 is 6.41 Å². The van der Waals surface area contributed by atoms with Crippen LogP contribution in [0.4, 0.5) is 0 Å². The molecular formula is C13H27NO. The van der Waals surface area contributed by atoms with Crippen LogP contribution in [-0.2, 0) is 4.79 Å². The number of nitrogens with zero attached hydrogens (tertiary/aromatic N) is 1. The van der Waals surface area contributed by atoms with E-state index < -0.39 is 0 Å². The predicted molar refractivity (Wildman–Crippen MR) is 65.8 cm³/mol. The highest BCUT2D eigenvalue weighted by Crippen LogP contribution is 2.32. The van der Waals surface area contributed by atoms with E-state index in [4.69, 9.17) is 0 Å². The molecule has 1 atom stereocenters. The SMILES string of the molecule is CCC(C)(C)CC.CCC1(C)CN1C=O. The summed E-state index contributed by atoms with van der Waals surface area (Å²) in [5, 5.41) is 0. The third kappa shape index (κ3) is 4.67. The van der Waals surface area contributed by atoms with E-state index >= 15 is 0 Å². The number of carbonyl (C=O) groups is 1. The lowest BCUT2D eigenvalue weighted by Crippen LogP contribution is -2.10. The zero-order chi connectivity index (χ0) is 12.1. The van der Waals surface area contributed by atoms with Gasteiger partial charge in [0.25, 0.3) is 0 Å². The highest BCUT2D eigenvalue weighted by Gasteiger charge is 2.44. The average Bonchev–Trinajstić information content (AvgIpc) is 2.92. The Hall–Kier alpha value is -0.530. The van der Waals surface area contributed by atoms with E-state index in [1.807, 2.05) is 4.90 Å². The first-order valence-corrected chi connectivity index (χ1v) is 6.07. The van der Waals surface area contributed by atoms with Crippen LogP contribution in [0.3, 0.4) is 0 Å². The Kier molecular flexibility index (Phi) is 5.33. The van der Waals surface area contributed by atoms with Crippen LogP contribution >= 0.6 is 0 Å². The van der Waals surface area contributed by atoms with Gasteiger partial charge in [-0.3, -0.25) is 4.79 Å². The van der Waals surface area contributed by atoms with E-state index in [0.717, 1.165) is 19.4 Å². The lowest BCUT2D eigenvalue weighted by atomic mass is 9.88. The molecule has 1 fully saturated rings. The number of rotatable bonds is 4. The minimum atomic E-state index is 0.224. The fraction of sp³-hybridized carbons (Fsp3) is 0.923. The van der Waals surface area contributed by atoms with E-state index in [9.17, 15) is 4.79 Å². The van der Waals surface area contributed by atoms with Crippen molar-refractivity contribution in [2.75, 3.05) is 6.54 Å². The Morgan fingerprint density at radius 2 is 1.73 bits per heavy atom. The largest absolute Gasteiger partial charge is 0.336 e. The third-order valence-electron chi connectivity index (χ3n) is 3.90. The van der Waals surface area contributed by atoms with Crippen LogP contribution in [0.5, 0.6) is 0 Å². The molecule has 0 aliphatic carbocycles. The molecule has 0 aromatic carbocycles. The molecule has 1 aliphatic heterocycles. The van der Waals surface area contributed by atoms with E-state index in [0.29, 0.717) is 5.41 Å². The van der Waals surface area contributed by atoms with Gasteiger partial charge in [-0.15, -0.1) is 0 Å². The molecule has 0 aromatic rings. The van der Waals surface area contributed by atoms with Gasteiger partial charge in [0.05, 0.1) is 5.54 Å². The highest BCUT2D eigenvalue weighted by molar-refractivity contribution is 5.54. The summed E-state index contributed by atoms with van der Waals surface area (Å²) in [5.41, 5.74) is 0.807. The van der Waals surface area contributed by atoms with Crippen molar-refractivity contribution in [3.63, 3.8) is 0 Å². The lowest BCUT2D eigenvalue weighted by molar-refractivity contribution is -0.114. The van der Waals surface area contributed by atoms with Crippen LogP contribution in [0.25, 0.3) is 0 Å². The first-order valence-electron chi connectivity index (χ1n) is 6.07. The Morgan fingerprint density at radius 1 is 1.27 bits per heavy atom. The molecule has 1 saturated heterocycles. The van der Waals surface area contributed by atoms with E-state index in [2.05, 4.69) is 41.5 Å². The Bertz CT molecular complexity index is 195. The van der Waals surface area contributed by atoms with Crippen LogP contribution < -0.4 is 0 Å². The minimum absolute atomic E-state index is 0.224. The molecule has 90 valence electrons. The number of hydrogen-bond donors (Lipinski definition) is 0. The van der Waals surface area contributed by atoms with Gasteiger partial charge in [-0.05, 0) is 18.8 Å². The fourth-order valence-corrected chi connectivity index (χ4v) is 1.06. The summed E-state index contributed by atoms with van der Waals surface area (Å²) >= 11 is 0. The van der Waals surface area contributed by atoms with Gasteiger partial charge >= 0.3 is 0 Å². The van der Waals surface area contributed by atoms with E-state index in [-0.39, 0.29) is 5.54 Å². The van der Waals surface area contributed by atoms with Crippen LogP contribution in [0, 0.1) is 5.41 Å². The number of amides is 1. The summed E-state index contributed by atoms with van der Waals surface area (Å²) in [5.74, 6) is 0. The maximum absolute atomic E-state index is 10.1. The van der Waals surface area contributed by atoms with Gasteiger partial charge in [0.1, 0.15) is 0 Å². The Balaban J connectivity index is 0.000000265. The van der Waals surface area contributed by atoms with Gasteiger partial charge in [-0.1, -0.05) is 47.5 Å². The smallest absolute Gasteiger partial charge is 0.210 e. The maximum atomic E-state index is 10.1. The normalized spacial score (nSPS) is 24.3. The molecule has 15 heavy (non-hydrogen) atoms. The molecule has 1 aliphatic rings. The third-order valence-corrected chi connectivity index (χ3v) is 3.90. The van der Waals surface area contributed by atoms with Gasteiger partial charge in [0.15, 0.2) is 0 Å². The second kappa shape index (κ2) is 5.53. The summed E-state index contributed by atoms with van der Waals surface area (Å²) in [7, 11) is 0. The molecule has 1 unspecified atom stereocenters. The Labute approximate surface area is 95.0 Å². The van der Waals surface area contributed by atoms with Crippen molar-refractivity contribution in [2.45, 2.75) is 66.3 Å². The fourth-order valence-electron chi connectivity index (χ4n) is 1.06. The van der Waals surface area contributed by atoms with Crippen molar-refractivity contribution in [3.8, 4) is 0 Å². The van der Waals surface area contributed by atoms with Crippen LogP contribution in [0.15, 0.2) is 0 Å². The maximum Gasteiger partial charge on any atom is 0.210 e. The van der Waals surface area contributed by atoms with Crippen LogP contribution in [0.1, 0.15) is 60.8 Å². The minimum Gasteiger partial charge on any atom is -0.336 e. The van der Waals surface area contributed by atoms with Crippen molar-refractivity contribution in [1.29, 1.82) is 0 Å². The molecule has 1 amide bonds. The van der Waals surface area contributed by atoms with Crippen molar-refractivity contribution in [2.24, 2.45) is 5.41 Å². The van der Waals surface area contributed by atoms with Gasteiger partial charge < -0.3 is 4.90 Å². The van der Waals surface area contributed by atoms with Gasteiger partial charge in [-0.25, -0.2) is 0 Å². The molecule has 0 aromatic heterocycles. The summed E-state index contributed by atoms with van der Waals surface area (Å²) < 4.78 is 0. The summed E-state index contributed by atoms with van der Waals surface area (Å²) in [6.07, 6.45) is 4.59. The average molecular weight is 213 g/mol. The molecule has 0 radical (unpaired) electrons. The molecule has 0 N–H and O–H groups in total. The standard InChI is InChI=1S/C7H16.C6H11NO/c1-5-7(3,4)6-2;1-3-6(2)4-7(6)5-8/h5-6H2,1-4H3;5H,3-4H2,1-2H3. The number of hydrogen-bond acceptors (Lipinski definition) is 1. The summed E-state index contributed by atoms with van der Waals surface area (Å²) in [6.45, 7) is 14.2. The molecule has 2 heteroatoms. The quantitative estimate of drug-likeness (QED) is 0.517. The second-order valence-corrected chi connectivity index (χ2v) is 5.46. The van der Waals surface area contributed by atoms with Crippen molar-refractivity contribution in [3.05, 3.63) is 0 Å². The van der Waals surface area contributed by atoms with E-state index in [1.54, 1.807) is 0 Å². The Morgan fingerprint density at radius 3 is 1.80 bits per heavy atom. The van der Waals surface area contributed by atoms with Crippen LogP contribution in [-0.4, -0.2) is 23.4 Å². The molecule has 1 rings (SSSR count). The first kappa shape index (κ1) is 14.5. The molecule has 0 bridgehead atoms.